The van der Waals surface area contributed by atoms with Gasteiger partial charge in [-0.05, 0) is 31.7 Å². The highest BCUT2D eigenvalue weighted by atomic mass is 16.6. The number of hydrogen-bond acceptors (Lipinski definition) is 8. The molecule has 0 bridgehead atoms. The third kappa shape index (κ3) is 3.95. The fraction of sp³-hybridized carbons (Fsp3) is 0.409. The van der Waals surface area contributed by atoms with Crippen LogP contribution in [0.5, 0.6) is 0 Å². The van der Waals surface area contributed by atoms with Crippen LogP contribution in [0.4, 0.5) is 5.69 Å². The quantitative estimate of drug-likeness (QED) is 0.328. The predicted molar refractivity (Wildman–Crippen MR) is 110 cm³/mol. The molecular weight excluding hydrogens is 404 g/mol. The maximum Gasteiger partial charge on any atom is 0.336 e. The minimum Gasteiger partial charge on any atom is -0.468 e. The maximum atomic E-state index is 13.5. The zero-order valence-corrected chi connectivity index (χ0v) is 17.8. The topological polar surface area (TPSA) is 125 Å². The monoisotopic (exact) mass is 428 g/mol. The molecular formula is C22H24N2O7. The number of nitro benzene ring substituents is 1. The summed E-state index contributed by atoms with van der Waals surface area (Å²) in [4.78, 5) is 49.2. The summed E-state index contributed by atoms with van der Waals surface area (Å²) in [7, 11) is 1.23. The van der Waals surface area contributed by atoms with Crippen LogP contribution < -0.4 is 5.32 Å². The average molecular weight is 428 g/mol. The Morgan fingerprint density at radius 1 is 1.26 bits per heavy atom. The van der Waals surface area contributed by atoms with E-state index >= 15 is 0 Å². The average Bonchev–Trinajstić information content (AvgIpc) is 2.72. The van der Waals surface area contributed by atoms with Crippen LogP contribution in [0.2, 0.25) is 0 Å². The summed E-state index contributed by atoms with van der Waals surface area (Å²) >= 11 is 0. The number of esters is 2. The van der Waals surface area contributed by atoms with E-state index in [0.717, 1.165) is 0 Å². The highest BCUT2D eigenvalue weighted by Gasteiger charge is 2.47. The van der Waals surface area contributed by atoms with Crippen molar-refractivity contribution in [2.45, 2.75) is 33.1 Å². The highest BCUT2D eigenvalue weighted by Crippen LogP contribution is 2.45. The number of rotatable bonds is 5. The first-order valence-corrected chi connectivity index (χ1v) is 9.95. The van der Waals surface area contributed by atoms with Crippen LogP contribution in [0.3, 0.4) is 0 Å². The molecule has 164 valence electrons. The molecule has 0 fully saturated rings. The normalized spacial score (nSPS) is 23.1. The lowest BCUT2D eigenvalue weighted by molar-refractivity contribution is -0.384. The molecule has 0 aromatic heterocycles. The number of ketones is 1. The Hall–Kier alpha value is -3.49. The minimum atomic E-state index is -0.993. The number of nitrogens with one attached hydrogen (secondary N) is 1. The molecule has 0 amide bonds. The largest absolute Gasteiger partial charge is 0.468 e. The van der Waals surface area contributed by atoms with Gasteiger partial charge in [0.2, 0.25) is 0 Å². The molecule has 2 aliphatic rings. The van der Waals surface area contributed by atoms with Crippen LogP contribution in [0, 0.1) is 22.0 Å². The van der Waals surface area contributed by atoms with Crippen molar-refractivity contribution in [2.24, 2.45) is 11.8 Å². The molecule has 1 aromatic carbocycles. The third-order valence-electron chi connectivity index (χ3n) is 5.68. The summed E-state index contributed by atoms with van der Waals surface area (Å²) in [6.07, 6.45) is 0.414. The molecule has 1 aliphatic heterocycles. The van der Waals surface area contributed by atoms with Crippen LogP contribution in [-0.4, -0.2) is 36.4 Å². The number of methoxy groups -OCH3 is 1. The number of carbonyl (C=O) groups is 3. The molecule has 9 nitrogen and oxygen atoms in total. The first-order chi connectivity index (χ1) is 14.7. The number of dihydropyridines is 1. The Kier molecular flexibility index (Phi) is 6.24. The third-order valence-corrected chi connectivity index (χ3v) is 5.68. The van der Waals surface area contributed by atoms with Crippen LogP contribution in [0.25, 0.3) is 0 Å². The number of nitrogens with zero attached hydrogens (tertiary/aromatic N) is 1. The number of allylic oxidation sites excluding steroid dienone is 3. The van der Waals surface area contributed by atoms with Crippen molar-refractivity contribution >= 4 is 23.4 Å². The van der Waals surface area contributed by atoms with Crippen molar-refractivity contribution in [3.63, 3.8) is 0 Å². The Balaban J connectivity index is 2.18. The van der Waals surface area contributed by atoms with Crippen LogP contribution in [0.15, 0.2) is 46.8 Å². The summed E-state index contributed by atoms with van der Waals surface area (Å²) in [5.41, 5.74) is 2.11. The van der Waals surface area contributed by atoms with Gasteiger partial charge in [-0.1, -0.05) is 19.1 Å². The molecule has 0 unspecified atom stereocenters. The van der Waals surface area contributed by atoms with E-state index in [9.17, 15) is 24.5 Å². The highest BCUT2D eigenvalue weighted by molar-refractivity contribution is 6.12. The lowest BCUT2D eigenvalue weighted by Crippen LogP contribution is -2.43. The van der Waals surface area contributed by atoms with E-state index in [1.165, 1.54) is 31.4 Å². The van der Waals surface area contributed by atoms with Crippen molar-refractivity contribution in [2.75, 3.05) is 13.7 Å². The van der Waals surface area contributed by atoms with Gasteiger partial charge in [-0.15, -0.1) is 0 Å². The molecule has 0 radical (unpaired) electrons. The molecule has 1 aliphatic carbocycles. The Bertz CT molecular complexity index is 1010. The number of ether oxygens (including phenoxy) is 2. The summed E-state index contributed by atoms with van der Waals surface area (Å²) in [6, 6.07) is 5.68. The van der Waals surface area contributed by atoms with Gasteiger partial charge in [0.25, 0.3) is 5.69 Å². The molecule has 1 N–H and O–H groups in total. The second-order valence-corrected chi connectivity index (χ2v) is 7.60. The van der Waals surface area contributed by atoms with E-state index in [1.54, 1.807) is 20.8 Å². The van der Waals surface area contributed by atoms with E-state index in [0.29, 0.717) is 23.4 Å². The Labute approximate surface area is 179 Å². The van der Waals surface area contributed by atoms with Crippen molar-refractivity contribution in [1.82, 2.24) is 5.32 Å². The molecule has 31 heavy (non-hydrogen) atoms. The van der Waals surface area contributed by atoms with Gasteiger partial charge in [-0.2, -0.15) is 0 Å². The molecule has 9 heteroatoms. The number of hydrogen-bond donors (Lipinski definition) is 1. The van der Waals surface area contributed by atoms with E-state index in [4.69, 9.17) is 9.47 Å². The SMILES string of the molecule is CCOC(=O)C1=C(C)NC2=C(C(=O)[C@H](C(=O)OC)[C@@H](C)C2)[C@@H]1c1ccc([N+](=O)[O-])cc1. The molecule has 0 saturated carbocycles. The maximum absolute atomic E-state index is 13.5. The molecule has 0 spiro atoms. The van der Waals surface area contributed by atoms with Gasteiger partial charge < -0.3 is 14.8 Å². The number of benzene rings is 1. The zero-order chi connectivity index (χ0) is 22.9. The van der Waals surface area contributed by atoms with Gasteiger partial charge in [0.05, 0.1) is 24.2 Å². The van der Waals surface area contributed by atoms with Gasteiger partial charge in [0.1, 0.15) is 5.92 Å². The van der Waals surface area contributed by atoms with Gasteiger partial charge in [-0.25, -0.2) is 4.79 Å². The van der Waals surface area contributed by atoms with Gasteiger partial charge in [-0.3, -0.25) is 19.7 Å². The fourth-order valence-electron chi connectivity index (χ4n) is 4.28. The first kappa shape index (κ1) is 22.2. The van der Waals surface area contributed by atoms with Crippen molar-refractivity contribution < 1.29 is 28.8 Å². The zero-order valence-electron chi connectivity index (χ0n) is 17.8. The smallest absolute Gasteiger partial charge is 0.336 e. The summed E-state index contributed by atoms with van der Waals surface area (Å²) < 4.78 is 10.1. The fourth-order valence-corrected chi connectivity index (χ4v) is 4.28. The van der Waals surface area contributed by atoms with E-state index in [-0.39, 0.29) is 29.4 Å². The van der Waals surface area contributed by atoms with Crippen LogP contribution in [-0.2, 0) is 23.9 Å². The molecule has 3 atom stereocenters. The first-order valence-electron chi connectivity index (χ1n) is 9.95. The number of Topliss-reactive ketones (excluding diaryl/α,β-unsaturated/α-hetero) is 1. The summed E-state index contributed by atoms with van der Waals surface area (Å²) in [5, 5.41) is 14.2. The molecule has 3 rings (SSSR count). The molecule has 1 heterocycles. The predicted octanol–water partition coefficient (Wildman–Crippen LogP) is 2.77. The lowest BCUT2D eigenvalue weighted by atomic mass is 9.69. The minimum absolute atomic E-state index is 0.110. The van der Waals surface area contributed by atoms with E-state index in [2.05, 4.69) is 5.32 Å². The number of carbonyl (C=O) groups excluding carboxylic acids is 3. The molecule has 1 aromatic rings. The van der Waals surface area contributed by atoms with Gasteiger partial charge >= 0.3 is 11.9 Å². The Morgan fingerprint density at radius 3 is 2.45 bits per heavy atom. The van der Waals surface area contributed by atoms with Crippen LogP contribution >= 0.6 is 0 Å². The van der Waals surface area contributed by atoms with E-state index < -0.39 is 34.5 Å². The second-order valence-electron chi connectivity index (χ2n) is 7.60. The van der Waals surface area contributed by atoms with Crippen molar-refractivity contribution in [1.29, 1.82) is 0 Å². The van der Waals surface area contributed by atoms with Gasteiger partial charge in [0, 0.05) is 35.0 Å². The second kappa shape index (κ2) is 8.71. The van der Waals surface area contributed by atoms with Crippen LogP contribution in [0.1, 0.15) is 38.7 Å². The van der Waals surface area contributed by atoms with Crippen molar-refractivity contribution in [3.8, 4) is 0 Å². The Morgan fingerprint density at radius 2 is 1.90 bits per heavy atom. The number of non-ortho nitro benzene ring substituents is 1. The standard InChI is InChI=1S/C22H24N2O7/c1-5-31-22(27)17-12(3)23-15-10-11(2)16(21(26)30-4)20(25)19(15)18(17)13-6-8-14(9-7-13)24(28)29/h6-9,11,16,18,23H,5,10H2,1-4H3/t11-,16+,18+/m0/s1. The number of nitro groups is 1. The van der Waals surface area contributed by atoms with Crippen molar-refractivity contribution in [3.05, 3.63) is 62.5 Å². The summed E-state index contributed by atoms with van der Waals surface area (Å²) in [5.74, 6) is -3.75. The van der Waals surface area contributed by atoms with E-state index in [1.807, 2.05) is 0 Å². The molecule has 0 saturated heterocycles. The van der Waals surface area contributed by atoms with Gasteiger partial charge in [0.15, 0.2) is 5.78 Å². The summed E-state index contributed by atoms with van der Waals surface area (Å²) in [6.45, 7) is 5.34. The lowest BCUT2D eigenvalue weighted by Gasteiger charge is -2.38.